The lowest BCUT2D eigenvalue weighted by atomic mass is 10.1. The Morgan fingerprint density at radius 2 is 2.08 bits per heavy atom. The van der Waals surface area contributed by atoms with Crippen LogP contribution in [0.1, 0.15) is 17.4 Å². The maximum Gasteiger partial charge on any atom is 0.290 e. The maximum atomic E-state index is 5.88. The number of morpholine rings is 1. The number of hydrogen-bond acceptors (Lipinski definition) is 5. The maximum absolute atomic E-state index is 5.88. The predicted molar refractivity (Wildman–Crippen MR) is 92.4 cm³/mol. The summed E-state index contributed by atoms with van der Waals surface area (Å²) in [5, 5.41) is 4.23. The molecule has 0 radical (unpaired) electrons. The number of aryl methyl sites for hydroxylation is 1. The van der Waals surface area contributed by atoms with Crippen LogP contribution in [0.3, 0.4) is 0 Å². The molecule has 6 heteroatoms. The fraction of sp³-hybridized carbons (Fsp3) is 0.316. The predicted octanol–water partition coefficient (Wildman–Crippen LogP) is 3.38. The van der Waals surface area contributed by atoms with E-state index in [9.17, 15) is 0 Å². The van der Waals surface area contributed by atoms with Gasteiger partial charge in [0.15, 0.2) is 0 Å². The zero-order valence-electron chi connectivity index (χ0n) is 14.2. The summed E-state index contributed by atoms with van der Waals surface area (Å²) in [5.41, 5.74) is 1.11. The molecule has 3 aromatic rings. The Bertz CT molecular complexity index is 812. The number of nitrogens with zero attached hydrogens (tertiary/aromatic N) is 3. The molecule has 25 heavy (non-hydrogen) atoms. The number of aromatic nitrogens is 2. The van der Waals surface area contributed by atoms with Crippen molar-refractivity contribution in [2.75, 3.05) is 19.7 Å². The molecule has 0 N–H and O–H groups in total. The van der Waals surface area contributed by atoms with Crippen molar-refractivity contribution >= 4 is 0 Å². The first kappa shape index (κ1) is 15.9. The first-order valence-electron chi connectivity index (χ1n) is 8.40. The summed E-state index contributed by atoms with van der Waals surface area (Å²) in [6.07, 6.45) is 3.93. The standard InChI is InChI=1S/C19H21N3O3/c1-21-12-15(11-20-21)18-14-22(9-10-23-18)13-17-7-8-19(25-17)24-16-5-3-2-4-6-16/h2-8,11-12,18H,9-10,13-14H2,1H3/t18-/m1/s1. The second kappa shape index (κ2) is 7.13. The summed E-state index contributed by atoms with van der Waals surface area (Å²) in [6, 6.07) is 13.5. The molecule has 0 unspecified atom stereocenters. The fourth-order valence-corrected chi connectivity index (χ4v) is 2.98. The molecule has 1 aromatic carbocycles. The Morgan fingerprint density at radius 3 is 2.88 bits per heavy atom. The molecule has 0 amide bonds. The van der Waals surface area contributed by atoms with Gasteiger partial charge in [-0.1, -0.05) is 18.2 Å². The van der Waals surface area contributed by atoms with Gasteiger partial charge in [0.25, 0.3) is 5.95 Å². The lowest BCUT2D eigenvalue weighted by Crippen LogP contribution is -2.37. The molecular weight excluding hydrogens is 318 g/mol. The highest BCUT2D eigenvalue weighted by Crippen LogP contribution is 2.26. The van der Waals surface area contributed by atoms with Gasteiger partial charge in [-0.25, -0.2) is 0 Å². The van der Waals surface area contributed by atoms with Crippen LogP contribution in [0.2, 0.25) is 0 Å². The second-order valence-electron chi connectivity index (χ2n) is 6.18. The molecule has 1 fully saturated rings. The van der Waals surface area contributed by atoms with Crippen LogP contribution in [0.4, 0.5) is 0 Å². The van der Waals surface area contributed by atoms with Crippen molar-refractivity contribution in [3.05, 3.63) is 66.2 Å². The van der Waals surface area contributed by atoms with Crippen molar-refractivity contribution in [3.8, 4) is 11.7 Å². The minimum Gasteiger partial charge on any atom is -0.429 e. The molecule has 4 rings (SSSR count). The Hall–Kier alpha value is -2.57. The number of hydrogen-bond donors (Lipinski definition) is 0. The first-order valence-corrected chi connectivity index (χ1v) is 8.40. The van der Waals surface area contributed by atoms with Crippen molar-refractivity contribution in [3.63, 3.8) is 0 Å². The molecule has 2 aromatic heterocycles. The minimum atomic E-state index is 0.0532. The second-order valence-corrected chi connectivity index (χ2v) is 6.18. The molecule has 1 aliphatic rings. The van der Waals surface area contributed by atoms with E-state index >= 15 is 0 Å². The highest BCUT2D eigenvalue weighted by Gasteiger charge is 2.23. The highest BCUT2D eigenvalue weighted by atomic mass is 16.6. The third-order valence-corrected chi connectivity index (χ3v) is 4.23. The Kier molecular flexibility index (Phi) is 4.54. The van der Waals surface area contributed by atoms with Crippen molar-refractivity contribution in [2.45, 2.75) is 12.6 Å². The van der Waals surface area contributed by atoms with E-state index in [1.165, 1.54) is 0 Å². The van der Waals surface area contributed by atoms with Crippen LogP contribution in [-0.4, -0.2) is 34.4 Å². The molecule has 1 aliphatic heterocycles. The molecule has 130 valence electrons. The van der Waals surface area contributed by atoms with Crippen LogP contribution in [0.5, 0.6) is 11.7 Å². The quantitative estimate of drug-likeness (QED) is 0.713. The third kappa shape index (κ3) is 3.92. The monoisotopic (exact) mass is 339 g/mol. The van der Waals surface area contributed by atoms with Gasteiger partial charge < -0.3 is 13.9 Å². The van der Waals surface area contributed by atoms with Gasteiger partial charge in [0.05, 0.1) is 25.5 Å². The van der Waals surface area contributed by atoms with Gasteiger partial charge in [-0.05, 0) is 18.2 Å². The van der Waals surface area contributed by atoms with E-state index in [0.717, 1.165) is 36.7 Å². The lowest BCUT2D eigenvalue weighted by molar-refractivity contribution is -0.0348. The number of para-hydroxylation sites is 1. The average molecular weight is 339 g/mol. The summed E-state index contributed by atoms with van der Waals surface area (Å²) in [6.45, 7) is 3.14. The van der Waals surface area contributed by atoms with E-state index in [2.05, 4.69) is 10.00 Å². The molecule has 1 atom stereocenters. The summed E-state index contributed by atoms with van der Waals surface area (Å²) in [7, 11) is 1.92. The van der Waals surface area contributed by atoms with E-state index in [1.807, 2.05) is 61.9 Å². The van der Waals surface area contributed by atoms with E-state index < -0.39 is 0 Å². The Morgan fingerprint density at radius 1 is 1.20 bits per heavy atom. The van der Waals surface area contributed by atoms with Gasteiger partial charge in [0.2, 0.25) is 0 Å². The third-order valence-electron chi connectivity index (χ3n) is 4.23. The van der Waals surface area contributed by atoms with Gasteiger partial charge >= 0.3 is 0 Å². The van der Waals surface area contributed by atoms with Crippen LogP contribution < -0.4 is 4.74 Å². The van der Waals surface area contributed by atoms with Crippen molar-refractivity contribution < 1.29 is 13.9 Å². The topological polar surface area (TPSA) is 52.7 Å². The van der Waals surface area contributed by atoms with Crippen LogP contribution >= 0.6 is 0 Å². The zero-order valence-corrected chi connectivity index (χ0v) is 14.2. The summed E-state index contributed by atoms with van der Waals surface area (Å²) < 4.78 is 19.2. The van der Waals surface area contributed by atoms with Crippen molar-refractivity contribution in [1.29, 1.82) is 0 Å². The van der Waals surface area contributed by atoms with Crippen LogP contribution in [-0.2, 0) is 18.3 Å². The number of benzene rings is 1. The fourth-order valence-electron chi connectivity index (χ4n) is 2.98. The zero-order chi connectivity index (χ0) is 17.1. The molecular formula is C19H21N3O3. The number of furan rings is 1. The van der Waals surface area contributed by atoms with Crippen LogP contribution in [0.15, 0.2) is 59.3 Å². The largest absolute Gasteiger partial charge is 0.429 e. The summed E-state index contributed by atoms with van der Waals surface area (Å²) in [5.74, 6) is 2.17. The van der Waals surface area contributed by atoms with Crippen LogP contribution in [0.25, 0.3) is 0 Å². The van der Waals surface area contributed by atoms with E-state index in [-0.39, 0.29) is 6.10 Å². The smallest absolute Gasteiger partial charge is 0.290 e. The Labute approximate surface area is 146 Å². The van der Waals surface area contributed by atoms with Gasteiger partial charge in [0, 0.05) is 38.0 Å². The minimum absolute atomic E-state index is 0.0532. The molecule has 0 aliphatic carbocycles. The first-order chi connectivity index (χ1) is 12.3. The summed E-state index contributed by atoms with van der Waals surface area (Å²) >= 11 is 0. The molecule has 0 saturated carbocycles. The van der Waals surface area contributed by atoms with Gasteiger partial charge in [-0.3, -0.25) is 9.58 Å². The van der Waals surface area contributed by atoms with Crippen molar-refractivity contribution in [1.82, 2.24) is 14.7 Å². The SMILES string of the molecule is Cn1cc([C@H]2CN(Cc3ccc(Oc4ccccc4)o3)CCO2)cn1. The average Bonchev–Trinajstić information content (AvgIpc) is 3.25. The van der Waals surface area contributed by atoms with E-state index in [1.54, 1.807) is 4.68 Å². The molecule has 0 spiro atoms. The highest BCUT2D eigenvalue weighted by molar-refractivity contribution is 5.26. The normalized spacial score (nSPS) is 18.4. The molecule has 0 bridgehead atoms. The van der Waals surface area contributed by atoms with Crippen LogP contribution in [0, 0.1) is 0 Å². The van der Waals surface area contributed by atoms with Crippen molar-refractivity contribution in [2.24, 2.45) is 7.05 Å². The van der Waals surface area contributed by atoms with E-state index in [4.69, 9.17) is 13.9 Å². The molecule has 3 heterocycles. The number of rotatable bonds is 5. The van der Waals surface area contributed by atoms with Gasteiger partial charge in [-0.2, -0.15) is 5.10 Å². The van der Waals surface area contributed by atoms with E-state index in [0.29, 0.717) is 12.6 Å². The van der Waals surface area contributed by atoms with Gasteiger partial charge in [-0.15, -0.1) is 0 Å². The number of ether oxygens (including phenoxy) is 2. The molecule has 6 nitrogen and oxygen atoms in total. The Balaban J connectivity index is 1.37. The van der Waals surface area contributed by atoms with Gasteiger partial charge in [0.1, 0.15) is 11.5 Å². The summed E-state index contributed by atoms with van der Waals surface area (Å²) in [4.78, 5) is 2.33. The molecule has 1 saturated heterocycles. The lowest BCUT2D eigenvalue weighted by Gasteiger charge is -2.31.